The van der Waals surface area contributed by atoms with Crippen molar-refractivity contribution >= 4 is 27.7 Å². The molecule has 0 radical (unpaired) electrons. The molecule has 0 unspecified atom stereocenters. The minimum atomic E-state index is -3.51. The smallest absolute Gasteiger partial charge is 0.185 e. The van der Waals surface area contributed by atoms with Crippen molar-refractivity contribution in [1.29, 1.82) is 0 Å². The Bertz CT molecular complexity index is 549. The first-order valence-corrected chi connectivity index (χ1v) is 7.17. The summed E-state index contributed by atoms with van der Waals surface area (Å²) in [6.07, 6.45) is 0.632. The fourth-order valence-electron chi connectivity index (χ4n) is 1.56. The van der Waals surface area contributed by atoms with Crippen molar-refractivity contribution in [2.24, 2.45) is 0 Å². The van der Waals surface area contributed by atoms with Crippen LogP contribution in [0.4, 0.5) is 0 Å². The maximum absolute atomic E-state index is 11.7. The van der Waals surface area contributed by atoms with Gasteiger partial charge in [-0.1, -0.05) is 11.6 Å². The molecule has 1 aromatic carbocycles. The Labute approximate surface area is 111 Å². The molecule has 0 aliphatic rings. The van der Waals surface area contributed by atoms with Gasteiger partial charge in [0.25, 0.3) is 0 Å². The number of carbonyl (C=O) groups excluding carboxylic acids is 1. The van der Waals surface area contributed by atoms with Crippen molar-refractivity contribution < 1.29 is 22.7 Å². The van der Waals surface area contributed by atoms with E-state index in [1.165, 1.54) is 26.4 Å². The van der Waals surface area contributed by atoms with E-state index in [2.05, 4.69) is 0 Å². The Morgan fingerprint density at radius 3 is 2.22 bits per heavy atom. The highest BCUT2D eigenvalue weighted by molar-refractivity contribution is 7.90. The largest absolute Gasteiger partial charge is 0.352 e. The van der Waals surface area contributed by atoms with Crippen LogP contribution in [-0.2, 0) is 19.3 Å². The molecule has 0 aromatic heterocycles. The summed E-state index contributed by atoms with van der Waals surface area (Å²) in [6, 6.07) is 2.66. The van der Waals surface area contributed by atoms with Gasteiger partial charge < -0.3 is 9.47 Å². The molecule has 0 N–H and O–H groups in total. The highest BCUT2D eigenvalue weighted by atomic mass is 35.5. The molecular weight excluding hydrogens is 280 g/mol. The first-order valence-electron chi connectivity index (χ1n) is 4.90. The van der Waals surface area contributed by atoms with Gasteiger partial charge in [0.2, 0.25) is 0 Å². The zero-order chi connectivity index (χ0) is 13.9. The Morgan fingerprint density at radius 1 is 1.28 bits per heavy atom. The van der Waals surface area contributed by atoms with E-state index in [0.29, 0.717) is 6.29 Å². The highest BCUT2D eigenvalue weighted by Crippen LogP contribution is 2.34. The van der Waals surface area contributed by atoms with Crippen LogP contribution in [-0.4, -0.2) is 35.2 Å². The second-order valence-corrected chi connectivity index (χ2v) is 5.94. The van der Waals surface area contributed by atoms with E-state index in [0.717, 1.165) is 6.26 Å². The minimum Gasteiger partial charge on any atom is -0.352 e. The fraction of sp³-hybridized carbons (Fsp3) is 0.364. The molecule has 7 heteroatoms. The number of sulfone groups is 1. The Morgan fingerprint density at radius 2 is 1.83 bits per heavy atom. The summed E-state index contributed by atoms with van der Waals surface area (Å²) in [7, 11) is -0.804. The van der Waals surface area contributed by atoms with Crippen LogP contribution in [0.5, 0.6) is 0 Å². The van der Waals surface area contributed by atoms with Crippen molar-refractivity contribution in [2.45, 2.75) is 11.2 Å². The van der Waals surface area contributed by atoms with E-state index in [1.54, 1.807) is 0 Å². The van der Waals surface area contributed by atoms with Crippen molar-refractivity contribution in [1.82, 2.24) is 0 Å². The first-order chi connectivity index (χ1) is 8.36. The Hall–Kier alpha value is -0.950. The van der Waals surface area contributed by atoms with Crippen molar-refractivity contribution in [3.05, 3.63) is 28.3 Å². The molecule has 18 heavy (non-hydrogen) atoms. The first kappa shape index (κ1) is 15.1. The van der Waals surface area contributed by atoms with Gasteiger partial charge in [-0.25, -0.2) is 8.42 Å². The van der Waals surface area contributed by atoms with Gasteiger partial charge in [0.1, 0.15) is 0 Å². The maximum Gasteiger partial charge on any atom is 0.185 e. The van der Waals surface area contributed by atoms with E-state index in [9.17, 15) is 13.2 Å². The molecule has 0 aliphatic heterocycles. The Kier molecular flexibility index (Phi) is 4.86. The standard InChI is InChI=1S/C11H13ClO5S/c1-16-11(17-2)9-8(18(3,14)15)5-4-7(6-13)10(9)12/h4-6,11H,1-3H3. The maximum atomic E-state index is 11.7. The molecule has 0 saturated carbocycles. The monoisotopic (exact) mass is 292 g/mol. The van der Waals surface area contributed by atoms with Gasteiger partial charge in [-0.3, -0.25) is 4.79 Å². The summed E-state index contributed by atoms with van der Waals surface area (Å²) >= 11 is 6.02. The number of benzene rings is 1. The molecule has 1 rings (SSSR count). The lowest BCUT2D eigenvalue weighted by Crippen LogP contribution is -2.12. The lowest BCUT2D eigenvalue weighted by Gasteiger charge is -2.19. The number of halogens is 1. The third-order valence-electron chi connectivity index (χ3n) is 2.36. The van der Waals surface area contributed by atoms with Gasteiger partial charge in [-0.15, -0.1) is 0 Å². The highest BCUT2D eigenvalue weighted by Gasteiger charge is 2.25. The predicted octanol–water partition coefficient (Wildman–Crippen LogP) is 1.85. The van der Waals surface area contributed by atoms with Crippen molar-refractivity contribution in [2.75, 3.05) is 20.5 Å². The zero-order valence-corrected chi connectivity index (χ0v) is 11.7. The number of methoxy groups -OCH3 is 2. The Balaban J connectivity index is 3.65. The van der Waals surface area contributed by atoms with Gasteiger partial charge >= 0.3 is 0 Å². The third kappa shape index (κ3) is 2.89. The molecule has 0 saturated heterocycles. The summed E-state index contributed by atoms with van der Waals surface area (Å²) in [6.45, 7) is 0. The molecule has 0 amide bonds. The van der Waals surface area contributed by atoms with E-state index >= 15 is 0 Å². The van der Waals surface area contributed by atoms with E-state index in [-0.39, 0.29) is 21.0 Å². The van der Waals surface area contributed by atoms with E-state index in [1.807, 2.05) is 0 Å². The van der Waals surface area contributed by atoms with E-state index < -0.39 is 16.1 Å². The predicted molar refractivity (Wildman–Crippen MR) is 66.7 cm³/mol. The molecule has 0 fully saturated rings. The van der Waals surface area contributed by atoms with Crippen LogP contribution in [0, 0.1) is 0 Å². The average molecular weight is 293 g/mol. The van der Waals surface area contributed by atoms with Crippen LogP contribution in [0.25, 0.3) is 0 Å². The molecule has 5 nitrogen and oxygen atoms in total. The van der Waals surface area contributed by atoms with Crippen LogP contribution >= 0.6 is 11.6 Å². The van der Waals surface area contributed by atoms with Crippen molar-refractivity contribution in [3.8, 4) is 0 Å². The number of aldehydes is 1. The van der Waals surface area contributed by atoms with Gasteiger partial charge in [0, 0.05) is 31.6 Å². The number of carbonyl (C=O) groups is 1. The third-order valence-corrected chi connectivity index (χ3v) is 3.94. The summed E-state index contributed by atoms with van der Waals surface area (Å²) in [4.78, 5) is 10.8. The van der Waals surface area contributed by atoms with Crippen molar-refractivity contribution in [3.63, 3.8) is 0 Å². The summed E-state index contributed by atoms with van der Waals surface area (Å²) in [5, 5.41) is 0.0154. The SMILES string of the molecule is COC(OC)c1c(S(C)(=O)=O)ccc(C=O)c1Cl. The lowest BCUT2D eigenvalue weighted by atomic mass is 10.1. The number of hydrogen-bond donors (Lipinski definition) is 0. The fourth-order valence-corrected chi connectivity index (χ4v) is 2.83. The van der Waals surface area contributed by atoms with Crippen LogP contribution in [0.2, 0.25) is 5.02 Å². The number of hydrogen-bond acceptors (Lipinski definition) is 5. The van der Waals surface area contributed by atoms with Gasteiger partial charge in [0.15, 0.2) is 22.4 Å². The van der Waals surface area contributed by atoms with Crippen LogP contribution in [0.3, 0.4) is 0 Å². The van der Waals surface area contributed by atoms with Gasteiger partial charge in [-0.05, 0) is 12.1 Å². The van der Waals surface area contributed by atoms with Gasteiger partial charge in [-0.2, -0.15) is 0 Å². The number of ether oxygens (including phenoxy) is 2. The summed E-state index contributed by atoms with van der Waals surface area (Å²) < 4.78 is 33.4. The molecule has 0 heterocycles. The lowest BCUT2D eigenvalue weighted by molar-refractivity contribution is -0.107. The summed E-state index contributed by atoms with van der Waals surface area (Å²) in [5.41, 5.74) is 0.312. The van der Waals surface area contributed by atoms with Crippen LogP contribution < -0.4 is 0 Å². The molecule has 1 aromatic rings. The normalized spacial score (nSPS) is 11.8. The molecule has 0 spiro atoms. The topological polar surface area (TPSA) is 69.7 Å². The van der Waals surface area contributed by atoms with Gasteiger partial charge in [0.05, 0.1) is 9.92 Å². The molecular formula is C11H13ClO5S. The number of rotatable bonds is 5. The molecule has 100 valence electrons. The van der Waals surface area contributed by atoms with Crippen LogP contribution in [0.1, 0.15) is 22.2 Å². The summed E-state index contributed by atoms with van der Waals surface area (Å²) in [5.74, 6) is 0. The second kappa shape index (κ2) is 5.79. The van der Waals surface area contributed by atoms with E-state index in [4.69, 9.17) is 21.1 Å². The molecule has 0 bridgehead atoms. The minimum absolute atomic E-state index is 0.0154. The van der Waals surface area contributed by atoms with Crippen LogP contribution in [0.15, 0.2) is 17.0 Å². The molecule has 0 aliphatic carbocycles. The average Bonchev–Trinajstić information content (AvgIpc) is 2.31. The second-order valence-electron chi connectivity index (χ2n) is 3.57. The zero-order valence-electron chi connectivity index (χ0n) is 10.1. The molecule has 0 atom stereocenters. The quantitative estimate of drug-likeness (QED) is 0.612.